The third-order valence-electron chi connectivity index (χ3n) is 1.24. The molecular formula is C6H5N4S. The van der Waals surface area contributed by atoms with Crippen molar-refractivity contribution in [2.45, 2.75) is 0 Å². The number of hydrogen-bond acceptors (Lipinski definition) is 4. The largest absolute Gasteiger partial charge is 0.238 e. The molecule has 1 N–H and O–H groups in total. The van der Waals surface area contributed by atoms with Gasteiger partial charge in [0.25, 0.3) is 0 Å². The van der Waals surface area contributed by atoms with Gasteiger partial charge in [0.05, 0.1) is 4.88 Å². The van der Waals surface area contributed by atoms with Crippen molar-refractivity contribution in [2.24, 2.45) is 0 Å². The first kappa shape index (κ1) is 6.48. The molecule has 4 nitrogen and oxygen atoms in total. The molecule has 2 heterocycles. The average Bonchev–Trinajstić information content (AvgIpc) is 2.55. The Morgan fingerprint density at radius 2 is 2.36 bits per heavy atom. The summed E-state index contributed by atoms with van der Waals surface area (Å²) in [5.74, 6) is 0.699. The van der Waals surface area contributed by atoms with Gasteiger partial charge in [-0.3, -0.25) is 0 Å². The van der Waals surface area contributed by atoms with Crippen LogP contribution >= 0.6 is 11.3 Å². The maximum absolute atomic E-state index is 3.79. The fourth-order valence-electron chi connectivity index (χ4n) is 0.769. The highest BCUT2D eigenvalue weighted by Crippen LogP contribution is 2.23. The minimum atomic E-state index is 0.699. The monoisotopic (exact) mass is 165 g/mol. The molecule has 0 saturated carbocycles. The summed E-state index contributed by atoms with van der Waals surface area (Å²) >= 11 is 1.56. The van der Waals surface area contributed by atoms with Crippen molar-refractivity contribution in [3.63, 3.8) is 0 Å². The molecule has 0 aromatic carbocycles. The summed E-state index contributed by atoms with van der Waals surface area (Å²) in [6.07, 6.45) is 0. The van der Waals surface area contributed by atoms with Crippen molar-refractivity contribution < 1.29 is 0 Å². The number of nitrogens with one attached hydrogen (secondary N) is 1. The topological polar surface area (TPSA) is 54.5 Å². The number of H-pyrrole nitrogens is 1. The molecule has 0 saturated heterocycles. The van der Waals surface area contributed by atoms with Gasteiger partial charge in [0, 0.05) is 4.88 Å². The van der Waals surface area contributed by atoms with E-state index in [1.54, 1.807) is 11.3 Å². The zero-order valence-corrected chi connectivity index (χ0v) is 6.43. The van der Waals surface area contributed by atoms with Crippen LogP contribution in [0.2, 0.25) is 0 Å². The van der Waals surface area contributed by atoms with Crippen LogP contribution < -0.4 is 0 Å². The Bertz CT molecular complexity index is 337. The second-order valence-corrected chi connectivity index (χ2v) is 3.18. The number of tetrazole rings is 1. The first-order valence-electron chi connectivity index (χ1n) is 3.02. The summed E-state index contributed by atoms with van der Waals surface area (Å²) in [4.78, 5) is 2.02. The van der Waals surface area contributed by atoms with Gasteiger partial charge in [-0.25, -0.2) is 5.10 Å². The molecular weight excluding hydrogens is 160 g/mol. The van der Waals surface area contributed by atoms with E-state index in [0.717, 1.165) is 9.75 Å². The Morgan fingerprint density at radius 1 is 1.45 bits per heavy atom. The lowest BCUT2D eigenvalue weighted by Gasteiger charge is -1.82. The third-order valence-corrected chi connectivity index (χ3v) is 2.19. The third kappa shape index (κ3) is 1.14. The lowest BCUT2D eigenvalue weighted by Crippen LogP contribution is -1.73. The van der Waals surface area contributed by atoms with E-state index in [0.29, 0.717) is 5.82 Å². The summed E-state index contributed by atoms with van der Waals surface area (Å²) in [5.41, 5.74) is 0. The molecule has 2 rings (SSSR count). The van der Waals surface area contributed by atoms with Gasteiger partial charge in [-0.2, -0.15) is 0 Å². The molecule has 11 heavy (non-hydrogen) atoms. The van der Waals surface area contributed by atoms with Crippen LogP contribution in [0, 0.1) is 6.92 Å². The van der Waals surface area contributed by atoms with Crippen molar-refractivity contribution in [1.82, 2.24) is 20.6 Å². The Hall–Kier alpha value is -1.23. The number of hydrogen-bond donors (Lipinski definition) is 1. The second-order valence-electron chi connectivity index (χ2n) is 2.02. The van der Waals surface area contributed by atoms with Crippen LogP contribution in [0.5, 0.6) is 0 Å². The normalized spacial score (nSPS) is 10.3. The zero-order chi connectivity index (χ0) is 7.68. The second kappa shape index (κ2) is 2.43. The van der Waals surface area contributed by atoms with Crippen LogP contribution in [0.3, 0.4) is 0 Å². The van der Waals surface area contributed by atoms with Crippen molar-refractivity contribution in [2.75, 3.05) is 0 Å². The molecule has 0 aliphatic rings. The predicted molar refractivity (Wildman–Crippen MR) is 41.9 cm³/mol. The van der Waals surface area contributed by atoms with Gasteiger partial charge in [-0.1, -0.05) is 0 Å². The van der Waals surface area contributed by atoms with E-state index in [9.17, 15) is 0 Å². The fourth-order valence-corrected chi connectivity index (χ4v) is 1.51. The van der Waals surface area contributed by atoms with E-state index < -0.39 is 0 Å². The minimum Gasteiger partial charge on any atom is -0.238 e. The smallest absolute Gasteiger partial charge is 0.189 e. The Balaban J connectivity index is 2.45. The maximum atomic E-state index is 3.79. The molecule has 0 aliphatic heterocycles. The highest BCUT2D eigenvalue weighted by molar-refractivity contribution is 7.15. The van der Waals surface area contributed by atoms with E-state index in [1.165, 1.54) is 0 Å². The summed E-state index contributed by atoms with van der Waals surface area (Å²) in [6, 6.07) is 3.87. The van der Waals surface area contributed by atoms with Crippen molar-refractivity contribution in [3.8, 4) is 10.7 Å². The minimum absolute atomic E-state index is 0.699. The van der Waals surface area contributed by atoms with Crippen LogP contribution in [0.1, 0.15) is 4.88 Å². The van der Waals surface area contributed by atoms with E-state index >= 15 is 0 Å². The Kier molecular flexibility index (Phi) is 1.43. The molecule has 1 radical (unpaired) electrons. The summed E-state index contributed by atoms with van der Waals surface area (Å²) < 4.78 is 0. The highest BCUT2D eigenvalue weighted by atomic mass is 32.1. The number of aromatic amines is 1. The molecule has 0 spiro atoms. The van der Waals surface area contributed by atoms with E-state index in [1.807, 2.05) is 12.1 Å². The first-order valence-corrected chi connectivity index (χ1v) is 3.84. The maximum Gasteiger partial charge on any atom is 0.189 e. The zero-order valence-electron chi connectivity index (χ0n) is 5.61. The molecule has 2 aromatic rings. The van der Waals surface area contributed by atoms with Gasteiger partial charge in [-0.05, 0) is 29.5 Å². The lowest BCUT2D eigenvalue weighted by atomic mass is 10.4. The van der Waals surface area contributed by atoms with Crippen molar-refractivity contribution in [1.29, 1.82) is 0 Å². The Morgan fingerprint density at radius 3 is 2.91 bits per heavy atom. The predicted octanol–water partition coefficient (Wildman–Crippen LogP) is 1.11. The van der Waals surface area contributed by atoms with Gasteiger partial charge in [0.15, 0.2) is 5.82 Å². The van der Waals surface area contributed by atoms with Crippen LogP contribution in [0.25, 0.3) is 10.7 Å². The van der Waals surface area contributed by atoms with Gasteiger partial charge < -0.3 is 0 Å². The van der Waals surface area contributed by atoms with E-state index in [-0.39, 0.29) is 0 Å². The molecule has 0 bridgehead atoms. The molecule has 0 unspecified atom stereocenters. The molecule has 55 valence electrons. The fraction of sp³-hybridized carbons (Fsp3) is 0. The first-order chi connectivity index (χ1) is 5.36. The number of aromatic nitrogens is 4. The summed E-state index contributed by atoms with van der Waals surface area (Å²) in [7, 11) is 0. The molecule has 5 heteroatoms. The van der Waals surface area contributed by atoms with Gasteiger partial charge in [-0.15, -0.1) is 16.4 Å². The summed E-state index contributed by atoms with van der Waals surface area (Å²) in [6.45, 7) is 3.79. The van der Waals surface area contributed by atoms with Crippen molar-refractivity contribution >= 4 is 11.3 Å². The van der Waals surface area contributed by atoms with Crippen molar-refractivity contribution in [3.05, 3.63) is 23.9 Å². The highest BCUT2D eigenvalue weighted by Gasteiger charge is 2.02. The van der Waals surface area contributed by atoms with E-state index in [2.05, 4.69) is 27.5 Å². The van der Waals surface area contributed by atoms with Crippen LogP contribution in [-0.4, -0.2) is 20.6 Å². The van der Waals surface area contributed by atoms with Crippen LogP contribution in [0.15, 0.2) is 12.1 Å². The van der Waals surface area contributed by atoms with Crippen LogP contribution in [0.4, 0.5) is 0 Å². The molecule has 0 fully saturated rings. The number of rotatable bonds is 1. The number of thiophene rings is 1. The lowest BCUT2D eigenvalue weighted by molar-refractivity contribution is 0.881. The average molecular weight is 165 g/mol. The number of nitrogens with zero attached hydrogens (tertiary/aromatic N) is 3. The van der Waals surface area contributed by atoms with Gasteiger partial charge in [0.1, 0.15) is 0 Å². The summed E-state index contributed by atoms with van der Waals surface area (Å²) in [5, 5.41) is 13.4. The standard InChI is InChI=1S/C6H5N4S/c1-4-2-3-5(11-4)6-7-9-10-8-6/h2-3H,1H2,(H,7,8,9,10). The quantitative estimate of drug-likeness (QED) is 0.688. The Labute approximate surface area is 67.3 Å². The van der Waals surface area contributed by atoms with Gasteiger partial charge >= 0.3 is 0 Å². The molecule has 0 atom stereocenters. The SMILES string of the molecule is [CH2]c1ccc(-c2nnn[nH]2)s1. The molecule has 0 amide bonds. The molecule has 2 aromatic heterocycles. The molecule has 0 aliphatic carbocycles. The van der Waals surface area contributed by atoms with Gasteiger partial charge in [0.2, 0.25) is 0 Å². The van der Waals surface area contributed by atoms with E-state index in [4.69, 9.17) is 0 Å². The van der Waals surface area contributed by atoms with Crippen LogP contribution in [-0.2, 0) is 0 Å².